The minimum atomic E-state index is -0.334. The fraction of sp³-hybridized carbons (Fsp3) is 0.682. The molecule has 1 aromatic rings. The van der Waals surface area contributed by atoms with Crippen LogP contribution in [0.25, 0.3) is 0 Å². The first-order chi connectivity index (χ1) is 13.9. The summed E-state index contributed by atoms with van der Waals surface area (Å²) in [5.41, 5.74) is 6.93. The molecule has 4 N–H and O–H groups in total. The van der Waals surface area contributed by atoms with Gasteiger partial charge < -0.3 is 30.5 Å². The monoisotopic (exact) mass is 407 g/mol. The van der Waals surface area contributed by atoms with Crippen molar-refractivity contribution in [3.05, 3.63) is 23.8 Å². The lowest BCUT2D eigenvalue weighted by Gasteiger charge is -2.34. The summed E-state index contributed by atoms with van der Waals surface area (Å²) in [6.45, 7) is 7.67. The Labute approximate surface area is 174 Å². The van der Waals surface area contributed by atoms with E-state index in [1.165, 1.54) is 0 Å². The van der Waals surface area contributed by atoms with Crippen molar-refractivity contribution < 1.29 is 19.4 Å². The fourth-order valence-electron chi connectivity index (χ4n) is 3.63. The molecule has 7 heteroatoms. The first kappa shape index (κ1) is 23.4. The van der Waals surface area contributed by atoms with Gasteiger partial charge in [0.1, 0.15) is 5.75 Å². The van der Waals surface area contributed by atoms with Gasteiger partial charge in [0.25, 0.3) is 5.91 Å². The number of nitrogens with zero attached hydrogens (tertiary/aromatic N) is 1. The maximum absolute atomic E-state index is 13.5. The number of rotatable bonds is 4. The number of aliphatic hydroxyl groups is 1. The number of hydrogen-bond acceptors (Lipinski definition) is 6. The minimum Gasteiger partial charge on any atom is -0.490 e. The Bertz CT molecular complexity index is 655. The third-order valence-electron chi connectivity index (χ3n) is 5.48. The van der Waals surface area contributed by atoms with Crippen LogP contribution >= 0.6 is 0 Å². The molecule has 0 aromatic heterocycles. The molecule has 164 valence electrons. The van der Waals surface area contributed by atoms with Crippen LogP contribution in [0.4, 0.5) is 5.69 Å². The van der Waals surface area contributed by atoms with Crippen LogP contribution in [-0.2, 0) is 4.74 Å². The van der Waals surface area contributed by atoms with E-state index in [1.54, 1.807) is 23.1 Å². The second kappa shape index (κ2) is 11.4. The summed E-state index contributed by atoms with van der Waals surface area (Å²) in [7, 11) is 1.90. The summed E-state index contributed by atoms with van der Waals surface area (Å²) < 4.78 is 12.2. The molecule has 1 heterocycles. The lowest BCUT2D eigenvalue weighted by Crippen LogP contribution is -2.47. The third kappa shape index (κ3) is 6.59. The molecule has 1 aromatic carbocycles. The van der Waals surface area contributed by atoms with Crippen LogP contribution in [0, 0.1) is 5.92 Å². The Morgan fingerprint density at radius 3 is 2.79 bits per heavy atom. The van der Waals surface area contributed by atoms with E-state index < -0.39 is 0 Å². The molecule has 0 saturated carbocycles. The van der Waals surface area contributed by atoms with Gasteiger partial charge in [-0.3, -0.25) is 4.79 Å². The van der Waals surface area contributed by atoms with Crippen LogP contribution in [0.1, 0.15) is 50.4 Å². The molecule has 0 saturated heterocycles. The number of nitrogens with one attached hydrogen (secondary N) is 1. The van der Waals surface area contributed by atoms with Gasteiger partial charge in [-0.25, -0.2) is 0 Å². The molecule has 1 aliphatic rings. The minimum absolute atomic E-state index is 0.0156. The molecule has 0 aliphatic carbocycles. The summed E-state index contributed by atoms with van der Waals surface area (Å²) in [5.74, 6) is 0.445. The molecular weight excluding hydrogens is 370 g/mol. The van der Waals surface area contributed by atoms with E-state index in [4.69, 9.17) is 15.2 Å². The van der Waals surface area contributed by atoms with Gasteiger partial charge in [0.2, 0.25) is 0 Å². The maximum atomic E-state index is 13.5. The molecule has 0 spiro atoms. The number of nitrogen functional groups attached to an aromatic ring is 1. The van der Waals surface area contributed by atoms with E-state index in [1.807, 2.05) is 20.9 Å². The van der Waals surface area contributed by atoms with E-state index in [0.717, 1.165) is 19.3 Å². The number of ether oxygens (including phenoxy) is 2. The number of carbonyl (C=O) groups excluding carboxylic acids is 1. The molecule has 1 aliphatic heterocycles. The number of carbonyl (C=O) groups is 1. The molecule has 7 nitrogen and oxygen atoms in total. The highest BCUT2D eigenvalue weighted by Gasteiger charge is 2.29. The summed E-state index contributed by atoms with van der Waals surface area (Å²) >= 11 is 0. The number of nitrogens with two attached hydrogens (primary N) is 1. The Morgan fingerprint density at radius 1 is 1.34 bits per heavy atom. The number of aliphatic hydroxyl groups excluding tert-OH is 1. The topological polar surface area (TPSA) is 97.0 Å². The van der Waals surface area contributed by atoms with Crippen LogP contribution in [0.15, 0.2) is 18.2 Å². The third-order valence-corrected chi connectivity index (χ3v) is 5.48. The molecule has 0 fully saturated rings. The summed E-state index contributed by atoms with van der Waals surface area (Å²) in [4.78, 5) is 15.2. The second-order valence-corrected chi connectivity index (χ2v) is 8.11. The van der Waals surface area contributed by atoms with Crippen molar-refractivity contribution in [1.82, 2.24) is 10.2 Å². The lowest BCUT2D eigenvalue weighted by atomic mass is 10.0. The fourth-order valence-corrected chi connectivity index (χ4v) is 3.63. The molecular formula is C22H37N3O4. The first-order valence-corrected chi connectivity index (χ1v) is 10.6. The quantitative estimate of drug-likeness (QED) is 0.663. The standard InChI is InChI=1S/C22H37N3O4/c1-15-13-25(16(2)14-26)22(27)19-11-18(23)8-9-20(19)29-17(3)7-5-6-10-28-21(15)12-24-4/h8-9,11,15-17,21,24,26H,5-7,10,12-14,23H2,1-4H3/t15-,16+,17+,21+/m1/s1. The van der Waals surface area contributed by atoms with Crippen molar-refractivity contribution in [2.75, 3.05) is 39.1 Å². The molecule has 0 unspecified atom stereocenters. The molecule has 0 radical (unpaired) electrons. The Balaban J connectivity index is 2.41. The highest BCUT2D eigenvalue weighted by molar-refractivity contribution is 5.98. The van der Waals surface area contributed by atoms with Gasteiger partial charge in [0.05, 0.1) is 30.4 Å². The molecule has 1 amide bonds. The van der Waals surface area contributed by atoms with Gasteiger partial charge >= 0.3 is 0 Å². The van der Waals surface area contributed by atoms with Gasteiger partial charge in [-0.1, -0.05) is 6.92 Å². The van der Waals surface area contributed by atoms with Crippen molar-refractivity contribution >= 4 is 11.6 Å². The zero-order valence-electron chi connectivity index (χ0n) is 18.2. The molecule has 2 rings (SSSR count). The van der Waals surface area contributed by atoms with Gasteiger partial charge in [0.15, 0.2) is 0 Å². The van der Waals surface area contributed by atoms with Crippen molar-refractivity contribution in [3.63, 3.8) is 0 Å². The number of anilines is 1. The average molecular weight is 408 g/mol. The number of likely N-dealkylation sites (N-methyl/N-ethyl adjacent to an activating group) is 1. The average Bonchev–Trinajstić information content (AvgIpc) is 2.70. The van der Waals surface area contributed by atoms with Crippen molar-refractivity contribution in [2.45, 2.75) is 58.3 Å². The number of amides is 1. The summed E-state index contributed by atoms with van der Waals surface area (Å²) in [5, 5.41) is 13.0. The Morgan fingerprint density at radius 2 is 2.10 bits per heavy atom. The van der Waals surface area contributed by atoms with Crippen molar-refractivity contribution in [3.8, 4) is 5.75 Å². The Kier molecular flexibility index (Phi) is 9.20. The Hall–Kier alpha value is -1.83. The van der Waals surface area contributed by atoms with Crippen LogP contribution in [0.2, 0.25) is 0 Å². The van der Waals surface area contributed by atoms with Crippen LogP contribution < -0.4 is 15.8 Å². The number of hydrogen-bond donors (Lipinski definition) is 3. The van der Waals surface area contributed by atoms with Gasteiger partial charge in [-0.2, -0.15) is 0 Å². The molecule has 29 heavy (non-hydrogen) atoms. The van der Waals surface area contributed by atoms with E-state index in [0.29, 0.717) is 36.7 Å². The SMILES string of the molecule is CNC[C@@H]1OCCCC[C@H](C)Oc2ccc(N)cc2C(=O)N([C@@H](C)CO)C[C@H]1C. The lowest BCUT2D eigenvalue weighted by molar-refractivity contribution is -0.000449. The zero-order chi connectivity index (χ0) is 21.4. The second-order valence-electron chi connectivity index (χ2n) is 8.11. The van der Waals surface area contributed by atoms with Gasteiger partial charge in [-0.05, 0) is 58.4 Å². The molecule has 4 atom stereocenters. The highest BCUT2D eigenvalue weighted by Crippen LogP contribution is 2.27. The summed E-state index contributed by atoms with van der Waals surface area (Å²) in [6, 6.07) is 4.85. The van der Waals surface area contributed by atoms with Crippen LogP contribution in [0.5, 0.6) is 5.75 Å². The van der Waals surface area contributed by atoms with E-state index in [-0.39, 0.29) is 36.7 Å². The van der Waals surface area contributed by atoms with Gasteiger partial charge in [-0.15, -0.1) is 0 Å². The predicted molar refractivity (Wildman–Crippen MR) is 115 cm³/mol. The van der Waals surface area contributed by atoms with E-state index >= 15 is 0 Å². The van der Waals surface area contributed by atoms with E-state index in [2.05, 4.69) is 12.2 Å². The number of benzene rings is 1. The summed E-state index contributed by atoms with van der Waals surface area (Å²) in [6.07, 6.45) is 2.80. The predicted octanol–water partition coefficient (Wildman–Crippen LogP) is 2.28. The van der Waals surface area contributed by atoms with Crippen molar-refractivity contribution in [1.29, 1.82) is 0 Å². The molecule has 0 bridgehead atoms. The highest BCUT2D eigenvalue weighted by atomic mass is 16.5. The van der Waals surface area contributed by atoms with Crippen molar-refractivity contribution in [2.24, 2.45) is 5.92 Å². The normalized spacial score (nSPS) is 25.6. The maximum Gasteiger partial charge on any atom is 0.258 e. The largest absolute Gasteiger partial charge is 0.490 e. The van der Waals surface area contributed by atoms with Gasteiger partial charge in [0, 0.05) is 31.3 Å². The smallest absolute Gasteiger partial charge is 0.258 e. The van der Waals surface area contributed by atoms with E-state index in [9.17, 15) is 9.90 Å². The van der Waals surface area contributed by atoms with Crippen LogP contribution in [0.3, 0.4) is 0 Å². The zero-order valence-corrected chi connectivity index (χ0v) is 18.2. The van der Waals surface area contributed by atoms with Crippen LogP contribution in [-0.4, -0.2) is 67.5 Å². The first-order valence-electron chi connectivity index (χ1n) is 10.6. The number of fused-ring (bicyclic) bond motifs is 1.